The van der Waals surface area contributed by atoms with Gasteiger partial charge in [0.15, 0.2) is 0 Å². The molecule has 122 valence electrons. The molecule has 0 saturated carbocycles. The zero-order valence-corrected chi connectivity index (χ0v) is 13.3. The van der Waals surface area contributed by atoms with Crippen LogP contribution in [-0.4, -0.2) is 41.2 Å². The van der Waals surface area contributed by atoms with E-state index in [-0.39, 0.29) is 12.2 Å². The Labute approximate surface area is 139 Å². The minimum atomic E-state index is -0.198. The summed E-state index contributed by atoms with van der Waals surface area (Å²) in [6.07, 6.45) is 3.04. The van der Waals surface area contributed by atoms with E-state index in [9.17, 15) is 4.79 Å². The van der Waals surface area contributed by atoms with Gasteiger partial charge in [0, 0.05) is 19.3 Å². The van der Waals surface area contributed by atoms with Gasteiger partial charge in [-0.1, -0.05) is 24.3 Å². The topological polar surface area (TPSA) is 70.7 Å². The zero-order valence-electron chi connectivity index (χ0n) is 13.3. The average Bonchev–Trinajstić information content (AvgIpc) is 2.62. The van der Waals surface area contributed by atoms with Crippen LogP contribution in [0.4, 0.5) is 5.69 Å². The van der Waals surface area contributed by atoms with E-state index < -0.39 is 0 Å². The van der Waals surface area contributed by atoms with Gasteiger partial charge < -0.3 is 10.0 Å². The Morgan fingerprint density at radius 2 is 1.96 bits per heavy atom. The molecular weight excluding hydrogens is 304 g/mol. The maximum atomic E-state index is 12.3. The van der Waals surface area contributed by atoms with Gasteiger partial charge in [-0.2, -0.15) is 9.78 Å². The van der Waals surface area contributed by atoms with E-state index in [1.165, 1.54) is 11.0 Å². The van der Waals surface area contributed by atoms with Crippen molar-refractivity contribution in [1.29, 1.82) is 0 Å². The van der Waals surface area contributed by atoms with Crippen molar-refractivity contribution in [2.45, 2.75) is 0 Å². The summed E-state index contributed by atoms with van der Waals surface area (Å²) in [7, 11) is 1.92. The van der Waals surface area contributed by atoms with Crippen LogP contribution in [0.1, 0.15) is 5.56 Å². The highest BCUT2D eigenvalue weighted by Crippen LogP contribution is 2.12. The summed E-state index contributed by atoms with van der Waals surface area (Å²) in [5, 5.41) is 13.7. The number of anilines is 1. The van der Waals surface area contributed by atoms with Crippen molar-refractivity contribution in [3.05, 3.63) is 70.8 Å². The number of aromatic nitrogens is 2. The predicted octanol–water partition coefficient (Wildman–Crippen LogP) is 1.71. The summed E-state index contributed by atoms with van der Waals surface area (Å²) >= 11 is 0. The Kier molecular flexibility index (Phi) is 4.67. The van der Waals surface area contributed by atoms with Crippen LogP contribution in [0, 0.1) is 0 Å². The molecule has 0 fully saturated rings. The Hall–Kier alpha value is -2.99. The fourth-order valence-corrected chi connectivity index (χ4v) is 2.36. The van der Waals surface area contributed by atoms with Crippen LogP contribution in [-0.2, 0) is 0 Å². The van der Waals surface area contributed by atoms with Crippen LogP contribution < -0.4 is 10.5 Å². The van der Waals surface area contributed by atoms with Crippen LogP contribution in [0.3, 0.4) is 0 Å². The Morgan fingerprint density at radius 1 is 1.21 bits per heavy atom. The normalized spacial score (nSPS) is 11.2. The number of hydrogen-bond donors (Lipinski definition) is 1. The van der Waals surface area contributed by atoms with E-state index in [0.29, 0.717) is 17.4 Å². The maximum absolute atomic E-state index is 12.3. The quantitative estimate of drug-likeness (QED) is 0.726. The second kappa shape index (κ2) is 7.06. The molecule has 0 saturated heterocycles. The monoisotopic (exact) mass is 322 g/mol. The fourth-order valence-electron chi connectivity index (χ4n) is 2.36. The highest BCUT2D eigenvalue weighted by molar-refractivity contribution is 5.81. The Balaban J connectivity index is 1.83. The summed E-state index contributed by atoms with van der Waals surface area (Å²) in [5.74, 6) is 0. The van der Waals surface area contributed by atoms with Gasteiger partial charge in [0.25, 0.3) is 5.56 Å². The van der Waals surface area contributed by atoms with Gasteiger partial charge in [0.1, 0.15) is 6.33 Å². The molecular formula is C18H18N4O2. The van der Waals surface area contributed by atoms with Crippen molar-refractivity contribution in [2.24, 2.45) is 5.10 Å². The van der Waals surface area contributed by atoms with Gasteiger partial charge in [-0.05, 0) is 29.8 Å². The highest BCUT2D eigenvalue weighted by atomic mass is 16.3. The van der Waals surface area contributed by atoms with E-state index in [1.807, 2.05) is 42.3 Å². The molecule has 0 atom stereocenters. The third-order valence-corrected chi connectivity index (χ3v) is 3.75. The lowest BCUT2D eigenvalue weighted by Crippen LogP contribution is -2.20. The number of para-hydroxylation sites is 1. The summed E-state index contributed by atoms with van der Waals surface area (Å²) in [5.41, 5.74) is 2.34. The smallest absolute Gasteiger partial charge is 0.281 e. The second-order valence-electron chi connectivity index (χ2n) is 5.39. The molecule has 24 heavy (non-hydrogen) atoms. The fraction of sp³-hybridized carbons (Fsp3) is 0.167. The molecule has 0 spiro atoms. The third-order valence-electron chi connectivity index (χ3n) is 3.75. The first-order valence-electron chi connectivity index (χ1n) is 7.62. The van der Waals surface area contributed by atoms with Gasteiger partial charge in [-0.3, -0.25) is 4.79 Å². The minimum Gasteiger partial charge on any atom is -0.395 e. The number of nitrogens with zero attached hydrogens (tertiary/aromatic N) is 4. The standard InChI is InChI=1S/C18H18N4O2/c1-21(10-11-23)15-8-6-14(7-9-15)12-20-22-13-19-17-5-3-2-4-16(17)18(22)24/h2-9,12-13,23H,10-11H2,1H3/b20-12+. The molecule has 0 amide bonds. The molecule has 6 nitrogen and oxygen atoms in total. The first kappa shape index (κ1) is 15.9. The van der Waals surface area contributed by atoms with Gasteiger partial charge in [0.2, 0.25) is 0 Å². The lowest BCUT2D eigenvalue weighted by atomic mass is 10.2. The van der Waals surface area contributed by atoms with Gasteiger partial charge in [-0.15, -0.1) is 0 Å². The molecule has 0 bridgehead atoms. The average molecular weight is 322 g/mol. The first-order chi connectivity index (χ1) is 11.7. The summed E-state index contributed by atoms with van der Waals surface area (Å²) in [6, 6.07) is 14.9. The molecule has 0 unspecified atom stereocenters. The molecule has 3 aromatic rings. The molecule has 0 radical (unpaired) electrons. The van der Waals surface area contributed by atoms with Crippen LogP contribution in [0.5, 0.6) is 0 Å². The summed E-state index contributed by atoms with van der Waals surface area (Å²) in [6.45, 7) is 0.684. The van der Waals surface area contributed by atoms with Crippen molar-refractivity contribution < 1.29 is 5.11 Å². The number of likely N-dealkylation sites (N-methyl/N-ethyl adjacent to an activating group) is 1. The molecule has 1 heterocycles. The number of aliphatic hydroxyl groups is 1. The van der Waals surface area contributed by atoms with Crippen molar-refractivity contribution in [3.63, 3.8) is 0 Å². The summed E-state index contributed by atoms with van der Waals surface area (Å²) in [4.78, 5) is 18.5. The SMILES string of the molecule is CN(CCO)c1ccc(/C=N/n2cnc3ccccc3c2=O)cc1. The number of benzene rings is 2. The minimum absolute atomic E-state index is 0.109. The Morgan fingerprint density at radius 3 is 2.71 bits per heavy atom. The molecule has 0 aliphatic carbocycles. The predicted molar refractivity (Wildman–Crippen MR) is 95.8 cm³/mol. The highest BCUT2D eigenvalue weighted by Gasteiger charge is 2.02. The molecule has 0 aliphatic heterocycles. The second-order valence-corrected chi connectivity index (χ2v) is 5.39. The summed E-state index contributed by atoms with van der Waals surface area (Å²) < 4.78 is 1.23. The molecule has 2 aromatic carbocycles. The molecule has 0 aliphatic rings. The van der Waals surface area contributed by atoms with E-state index in [1.54, 1.807) is 24.4 Å². The van der Waals surface area contributed by atoms with Crippen molar-refractivity contribution in [3.8, 4) is 0 Å². The lowest BCUT2D eigenvalue weighted by Gasteiger charge is -2.17. The van der Waals surface area contributed by atoms with E-state index in [0.717, 1.165) is 11.3 Å². The third kappa shape index (κ3) is 3.33. The molecule has 1 N–H and O–H groups in total. The number of hydrogen-bond acceptors (Lipinski definition) is 5. The van der Waals surface area contributed by atoms with Crippen LogP contribution >= 0.6 is 0 Å². The van der Waals surface area contributed by atoms with E-state index in [4.69, 9.17) is 5.11 Å². The van der Waals surface area contributed by atoms with E-state index >= 15 is 0 Å². The van der Waals surface area contributed by atoms with Crippen LogP contribution in [0.15, 0.2) is 64.8 Å². The largest absolute Gasteiger partial charge is 0.395 e. The molecule has 1 aromatic heterocycles. The first-order valence-corrected chi connectivity index (χ1v) is 7.62. The molecule has 6 heteroatoms. The number of fused-ring (bicyclic) bond motifs is 1. The molecule has 3 rings (SSSR count). The van der Waals surface area contributed by atoms with E-state index in [2.05, 4.69) is 10.1 Å². The van der Waals surface area contributed by atoms with Crippen LogP contribution in [0.25, 0.3) is 10.9 Å². The maximum Gasteiger partial charge on any atom is 0.281 e. The van der Waals surface area contributed by atoms with Gasteiger partial charge >= 0.3 is 0 Å². The van der Waals surface area contributed by atoms with Crippen molar-refractivity contribution >= 4 is 22.8 Å². The zero-order chi connectivity index (χ0) is 16.9. The van der Waals surface area contributed by atoms with Gasteiger partial charge in [-0.25, -0.2) is 4.98 Å². The number of rotatable bonds is 5. The van der Waals surface area contributed by atoms with Gasteiger partial charge in [0.05, 0.1) is 23.7 Å². The van der Waals surface area contributed by atoms with Crippen molar-refractivity contribution in [2.75, 3.05) is 25.1 Å². The lowest BCUT2D eigenvalue weighted by molar-refractivity contribution is 0.304. The van der Waals surface area contributed by atoms with Crippen molar-refractivity contribution in [1.82, 2.24) is 9.66 Å². The Bertz CT molecular complexity index is 916. The van der Waals surface area contributed by atoms with Crippen LogP contribution in [0.2, 0.25) is 0 Å². The number of aliphatic hydroxyl groups excluding tert-OH is 1.